The van der Waals surface area contributed by atoms with E-state index in [1.807, 2.05) is 0 Å². The first kappa shape index (κ1) is 32.9. The number of carboxylic acid groups (broad SMARTS) is 1. The molecule has 1 fully saturated rings. The van der Waals surface area contributed by atoms with Crippen LogP contribution in [0, 0.1) is 5.41 Å². The summed E-state index contributed by atoms with van der Waals surface area (Å²) < 4.78 is 52.1. The van der Waals surface area contributed by atoms with Crippen molar-refractivity contribution in [2.45, 2.75) is 56.0 Å². The van der Waals surface area contributed by atoms with Crippen LogP contribution in [0.2, 0.25) is 0 Å². The summed E-state index contributed by atoms with van der Waals surface area (Å²) in [5.41, 5.74) is 6.92. The first-order valence-corrected chi connectivity index (χ1v) is 13.3. The largest absolute Gasteiger partial charge is 1.00 e. The molecule has 1 unspecified atom stereocenters. The number of hydrogen-bond donors (Lipinski definition) is 3. The van der Waals surface area contributed by atoms with Crippen LogP contribution in [0.1, 0.15) is 45.6 Å². The molecular weight excluding hydrogens is 545 g/mol. The van der Waals surface area contributed by atoms with Gasteiger partial charge in [-0.1, -0.05) is 19.3 Å². The van der Waals surface area contributed by atoms with E-state index >= 15 is 0 Å². The van der Waals surface area contributed by atoms with E-state index < -0.39 is 23.4 Å². The van der Waals surface area contributed by atoms with Gasteiger partial charge in [-0.25, -0.2) is 4.98 Å². The summed E-state index contributed by atoms with van der Waals surface area (Å²) in [5, 5.41) is 8.90. The fourth-order valence-corrected chi connectivity index (χ4v) is 5.49. The first-order valence-electron chi connectivity index (χ1n) is 12.0. The molecule has 3 aromatic rings. The Bertz CT molecular complexity index is 1260. The number of halogens is 2. The molecule has 4 rings (SSSR count). The number of aromatic nitrogens is 3. The standard InChI is InChI=1S/C16H15F2N3O4S.C9H17NO2.Na.H/c1-23-13-5-6-19-12(14(13)24-2)8-26(22)16-20-10-4-3-9(25-15(17)18)7-11(10)21-16;10-7-9(6-8(11)12)4-2-1-3-5-9;;/h3-7,15H,8H2,1-2H3,(H,20,21);1-7,10H2,(H,11,12);;/q;;+1;-1. The van der Waals surface area contributed by atoms with Gasteiger partial charge in [0, 0.05) is 18.3 Å². The average Bonchev–Trinajstić information content (AvgIpc) is 3.32. The van der Waals surface area contributed by atoms with E-state index in [0.29, 0.717) is 34.8 Å². The molecule has 2 heterocycles. The maximum Gasteiger partial charge on any atom is 1.00 e. The summed E-state index contributed by atoms with van der Waals surface area (Å²) in [6, 6.07) is 5.89. The van der Waals surface area contributed by atoms with Crippen molar-refractivity contribution in [1.29, 1.82) is 0 Å². The molecule has 0 saturated heterocycles. The summed E-state index contributed by atoms with van der Waals surface area (Å²) in [5.74, 6) is 0.201. The number of carboxylic acids is 1. The predicted octanol–water partition coefficient (Wildman–Crippen LogP) is 1.37. The molecule has 0 amide bonds. The second kappa shape index (κ2) is 15.5. The number of benzene rings is 1. The van der Waals surface area contributed by atoms with Gasteiger partial charge >= 0.3 is 42.1 Å². The molecule has 1 atom stereocenters. The molecule has 1 aliphatic rings. The molecule has 4 N–H and O–H groups in total. The van der Waals surface area contributed by atoms with E-state index in [1.165, 1.54) is 45.0 Å². The molecule has 210 valence electrons. The van der Waals surface area contributed by atoms with Crippen LogP contribution in [-0.4, -0.2) is 57.6 Å². The van der Waals surface area contributed by atoms with Crippen molar-refractivity contribution in [2.75, 3.05) is 20.8 Å². The van der Waals surface area contributed by atoms with E-state index in [0.717, 1.165) is 25.7 Å². The summed E-state index contributed by atoms with van der Waals surface area (Å²) in [6.45, 7) is -2.39. The van der Waals surface area contributed by atoms with Gasteiger partial charge in [-0.15, -0.1) is 0 Å². The number of ether oxygens (including phenoxy) is 3. The minimum absolute atomic E-state index is 0. The van der Waals surface area contributed by atoms with Crippen molar-refractivity contribution >= 4 is 27.8 Å². The Morgan fingerprint density at radius 3 is 2.54 bits per heavy atom. The molecule has 1 saturated carbocycles. The Morgan fingerprint density at radius 1 is 1.23 bits per heavy atom. The molecule has 10 nitrogen and oxygen atoms in total. The Morgan fingerprint density at radius 2 is 1.95 bits per heavy atom. The molecule has 14 heteroatoms. The normalized spacial score (nSPS) is 15.0. The minimum atomic E-state index is -2.92. The van der Waals surface area contributed by atoms with Crippen LogP contribution in [0.25, 0.3) is 11.0 Å². The van der Waals surface area contributed by atoms with Crippen LogP contribution >= 0.6 is 0 Å². The molecule has 39 heavy (non-hydrogen) atoms. The minimum Gasteiger partial charge on any atom is -1.00 e. The fourth-order valence-electron chi connectivity index (χ4n) is 4.47. The first-order chi connectivity index (χ1) is 18.2. The van der Waals surface area contributed by atoms with Gasteiger partial charge in [0.05, 0.1) is 53.9 Å². The number of nitrogens with two attached hydrogens (primary N) is 1. The quantitative estimate of drug-likeness (QED) is 0.303. The molecule has 0 bridgehead atoms. The topological polar surface area (TPSA) is 150 Å². The smallest absolute Gasteiger partial charge is 1.00 e. The second-order valence-corrected chi connectivity index (χ2v) is 10.3. The van der Waals surface area contributed by atoms with E-state index in [9.17, 15) is 17.8 Å². The number of nitrogens with zero attached hydrogens (tertiary/aromatic N) is 2. The van der Waals surface area contributed by atoms with Gasteiger partial charge in [-0.3, -0.25) is 14.0 Å². The molecule has 0 aliphatic heterocycles. The third-order valence-electron chi connectivity index (χ3n) is 6.38. The number of carbonyl (C=O) groups is 1. The van der Waals surface area contributed by atoms with Crippen molar-refractivity contribution in [3.8, 4) is 17.2 Å². The van der Waals surface area contributed by atoms with Gasteiger partial charge in [-0.05, 0) is 36.9 Å². The van der Waals surface area contributed by atoms with Crippen LogP contribution in [0.5, 0.6) is 17.2 Å². The molecule has 1 aromatic carbocycles. The van der Waals surface area contributed by atoms with E-state index in [-0.39, 0.29) is 59.5 Å². The number of methoxy groups -OCH3 is 2. The monoisotopic (exact) mass is 578 g/mol. The van der Waals surface area contributed by atoms with Gasteiger partial charge in [0.1, 0.15) is 5.75 Å². The third kappa shape index (κ3) is 9.10. The van der Waals surface area contributed by atoms with Gasteiger partial charge in [0.25, 0.3) is 0 Å². The van der Waals surface area contributed by atoms with Crippen LogP contribution in [-0.2, 0) is 21.3 Å². The zero-order chi connectivity index (χ0) is 27.7. The van der Waals surface area contributed by atoms with E-state index in [1.54, 1.807) is 6.07 Å². The third-order valence-corrected chi connectivity index (χ3v) is 7.54. The van der Waals surface area contributed by atoms with Gasteiger partial charge < -0.3 is 31.5 Å². The number of alkyl halides is 2. The van der Waals surface area contributed by atoms with E-state index in [2.05, 4.69) is 19.7 Å². The SMILES string of the molecule is COc1ccnc(CS(=O)c2nc3ccc(OC(F)F)cc3[nH]2)c1OC.NCC1(CC(=O)O)CCCCC1.[H-].[Na+]. The van der Waals surface area contributed by atoms with Crippen molar-refractivity contribution in [3.05, 3.63) is 36.2 Å². The number of imidazole rings is 1. The molecule has 1 aliphatic carbocycles. The second-order valence-electron chi connectivity index (χ2n) is 8.92. The summed E-state index contributed by atoms with van der Waals surface area (Å²) in [6.07, 6.45) is 7.30. The van der Waals surface area contributed by atoms with E-state index in [4.69, 9.17) is 20.3 Å². The van der Waals surface area contributed by atoms with Gasteiger partial charge in [0.2, 0.25) is 0 Å². The summed E-state index contributed by atoms with van der Waals surface area (Å²) >= 11 is 0. The number of fused-ring (bicyclic) bond motifs is 1. The number of pyridine rings is 1. The number of nitrogens with one attached hydrogen (secondary N) is 1. The Hall–Kier alpha value is -2.32. The fraction of sp³-hybridized carbons (Fsp3) is 0.480. The average molecular weight is 579 g/mol. The van der Waals surface area contributed by atoms with Gasteiger partial charge in [0.15, 0.2) is 16.7 Å². The predicted molar refractivity (Wildman–Crippen MR) is 138 cm³/mol. The number of rotatable bonds is 10. The zero-order valence-corrected chi connectivity index (χ0v) is 25.1. The number of aliphatic carboxylic acids is 1. The van der Waals surface area contributed by atoms with Crippen molar-refractivity contribution in [1.82, 2.24) is 15.0 Å². The number of aromatic amines is 1. The van der Waals surface area contributed by atoms with Crippen LogP contribution in [0.15, 0.2) is 35.6 Å². The molecular formula is C25H33F2N4NaO6S. The van der Waals surface area contributed by atoms with Crippen LogP contribution in [0.3, 0.4) is 0 Å². The summed E-state index contributed by atoms with van der Waals surface area (Å²) in [4.78, 5) is 21.8. The van der Waals surface area contributed by atoms with Crippen molar-refractivity contribution in [3.63, 3.8) is 0 Å². The Labute approximate surface area is 251 Å². The van der Waals surface area contributed by atoms with Crippen molar-refractivity contribution in [2.24, 2.45) is 11.1 Å². The molecule has 0 radical (unpaired) electrons. The van der Waals surface area contributed by atoms with Crippen LogP contribution < -0.4 is 49.5 Å². The number of hydrogen-bond acceptors (Lipinski definition) is 8. The zero-order valence-electron chi connectivity index (χ0n) is 23.2. The van der Waals surface area contributed by atoms with Crippen LogP contribution in [0.4, 0.5) is 8.78 Å². The maximum atomic E-state index is 12.6. The van der Waals surface area contributed by atoms with Gasteiger partial charge in [-0.2, -0.15) is 8.78 Å². The molecule has 0 spiro atoms. The maximum absolute atomic E-state index is 12.6. The molecule has 2 aromatic heterocycles. The number of H-pyrrole nitrogens is 1. The Kier molecular flexibility index (Phi) is 13.0. The summed E-state index contributed by atoms with van der Waals surface area (Å²) in [7, 11) is 1.41. The Balaban J connectivity index is 0.000000486. The van der Waals surface area contributed by atoms with Crippen molar-refractivity contribution < 1.29 is 68.1 Å².